The Balaban J connectivity index is 0. The molecule has 0 spiro atoms. The maximum atomic E-state index is 4.76. The van der Waals surface area contributed by atoms with E-state index in [1.807, 2.05) is 0 Å². The molecule has 0 unspecified atom stereocenters. The van der Waals surface area contributed by atoms with Gasteiger partial charge in [0.2, 0.25) is 0 Å². The van der Waals surface area contributed by atoms with E-state index < -0.39 is 0 Å². The Kier molecular flexibility index (Phi) is 13.4. The second-order valence-corrected chi connectivity index (χ2v) is 0.637. The minimum absolute atomic E-state index is 0. The predicted octanol–water partition coefficient (Wildman–Crippen LogP) is -0.559. The second kappa shape index (κ2) is 8.82. The Hall–Kier alpha value is -0.520. The van der Waals surface area contributed by atoms with Crippen molar-refractivity contribution in [1.29, 1.82) is 0 Å². The summed E-state index contributed by atoms with van der Waals surface area (Å²) >= 11 is 0. The molecule has 2 nitrogen and oxygen atoms in total. The summed E-state index contributed by atoms with van der Waals surface area (Å²) in [7, 11) is 1.57. The largest absolute Gasteiger partial charge is 0.412 e. The van der Waals surface area contributed by atoms with E-state index in [0.717, 1.165) is 0 Å². The zero-order chi connectivity index (χ0) is 4.12. The summed E-state index contributed by atoms with van der Waals surface area (Å²) in [5.74, 6) is 2.30. The third-order valence-corrected chi connectivity index (χ3v) is 0.228. The van der Waals surface area contributed by atoms with Crippen molar-refractivity contribution in [3.8, 4) is 12.3 Å². The molecule has 0 fully saturated rings. The molecular formula is C4H8O2. The molecule has 0 aliphatic carbocycles. The molecule has 36 valence electrons. The van der Waals surface area contributed by atoms with Gasteiger partial charge >= 0.3 is 0 Å². The molecule has 0 aromatic heterocycles. The van der Waals surface area contributed by atoms with Crippen molar-refractivity contribution < 1.29 is 10.2 Å². The zero-order valence-electron chi connectivity index (χ0n) is 3.69. The Morgan fingerprint density at radius 1 is 1.83 bits per heavy atom. The van der Waals surface area contributed by atoms with Gasteiger partial charge in [0.15, 0.2) is 0 Å². The summed E-state index contributed by atoms with van der Waals surface area (Å²) in [6.07, 6.45) is 4.76. The van der Waals surface area contributed by atoms with Crippen LogP contribution in [0, 0.1) is 12.3 Å². The molecular weight excluding hydrogens is 80.0 g/mol. The van der Waals surface area contributed by atoms with Crippen LogP contribution in [0.1, 0.15) is 0 Å². The van der Waals surface area contributed by atoms with Gasteiger partial charge in [-0.25, -0.2) is 0 Å². The van der Waals surface area contributed by atoms with Crippen molar-refractivity contribution >= 4 is 0 Å². The van der Waals surface area contributed by atoms with Gasteiger partial charge in [-0.3, -0.25) is 0 Å². The van der Waals surface area contributed by atoms with Crippen molar-refractivity contribution in [2.75, 3.05) is 13.7 Å². The Labute approximate surface area is 37.4 Å². The standard InChI is InChI=1S/C4H6O.H2O/c1-3-4-5-2;/h1H,4H2,2H3;1H2. The quantitative estimate of drug-likeness (QED) is 0.396. The fourth-order valence-corrected chi connectivity index (χ4v) is 0.0833. The van der Waals surface area contributed by atoms with Crippen LogP contribution in [-0.4, -0.2) is 19.2 Å². The van der Waals surface area contributed by atoms with Crippen molar-refractivity contribution in [2.24, 2.45) is 0 Å². The summed E-state index contributed by atoms with van der Waals surface area (Å²) in [5.41, 5.74) is 0. The molecule has 0 aromatic carbocycles. The number of rotatable bonds is 1. The molecule has 0 amide bonds. The molecule has 0 bridgehead atoms. The number of hydrogen-bond donors (Lipinski definition) is 0. The lowest BCUT2D eigenvalue weighted by atomic mass is 10.8. The molecule has 2 N–H and O–H groups in total. The summed E-state index contributed by atoms with van der Waals surface area (Å²) in [6, 6.07) is 0. The number of terminal acetylenes is 1. The van der Waals surface area contributed by atoms with Crippen LogP contribution in [0.15, 0.2) is 0 Å². The average molecular weight is 88.1 g/mol. The van der Waals surface area contributed by atoms with Crippen molar-refractivity contribution in [3.63, 3.8) is 0 Å². The molecule has 0 saturated carbocycles. The maximum absolute atomic E-state index is 4.76. The van der Waals surface area contributed by atoms with Crippen LogP contribution in [0.5, 0.6) is 0 Å². The molecule has 0 saturated heterocycles. The minimum atomic E-state index is 0. The Morgan fingerprint density at radius 2 is 2.33 bits per heavy atom. The van der Waals surface area contributed by atoms with Gasteiger partial charge in [0.1, 0.15) is 6.61 Å². The van der Waals surface area contributed by atoms with Gasteiger partial charge in [-0.2, -0.15) is 0 Å². The molecule has 0 heterocycles. The SMILES string of the molecule is C#CCOC.O. The molecule has 0 rings (SSSR count). The molecule has 6 heavy (non-hydrogen) atoms. The van der Waals surface area contributed by atoms with E-state index >= 15 is 0 Å². The first-order valence-corrected chi connectivity index (χ1v) is 1.34. The molecule has 0 atom stereocenters. The van der Waals surface area contributed by atoms with Gasteiger partial charge in [-0.05, 0) is 0 Å². The summed E-state index contributed by atoms with van der Waals surface area (Å²) in [6.45, 7) is 0.417. The topological polar surface area (TPSA) is 40.7 Å². The van der Waals surface area contributed by atoms with Crippen LogP contribution in [0.3, 0.4) is 0 Å². The highest BCUT2D eigenvalue weighted by molar-refractivity contribution is 4.82. The number of ether oxygens (including phenoxy) is 1. The summed E-state index contributed by atoms with van der Waals surface area (Å²) in [4.78, 5) is 0. The Morgan fingerprint density at radius 3 is 2.33 bits per heavy atom. The van der Waals surface area contributed by atoms with E-state index in [4.69, 9.17) is 6.42 Å². The second-order valence-electron chi connectivity index (χ2n) is 0.637. The first-order valence-electron chi connectivity index (χ1n) is 1.34. The molecule has 0 aliphatic rings. The smallest absolute Gasteiger partial charge is 0.107 e. The average Bonchev–Trinajstić information content (AvgIpc) is 1.41. The number of hydrogen-bond acceptors (Lipinski definition) is 1. The van der Waals surface area contributed by atoms with Crippen molar-refractivity contribution in [2.45, 2.75) is 0 Å². The fourth-order valence-electron chi connectivity index (χ4n) is 0.0833. The van der Waals surface area contributed by atoms with Crippen LogP contribution in [0.25, 0.3) is 0 Å². The van der Waals surface area contributed by atoms with E-state index in [2.05, 4.69) is 10.7 Å². The number of methoxy groups -OCH3 is 1. The lowest BCUT2D eigenvalue weighted by Crippen LogP contribution is -1.77. The third-order valence-electron chi connectivity index (χ3n) is 0.228. The zero-order valence-corrected chi connectivity index (χ0v) is 3.69. The van der Waals surface area contributed by atoms with Crippen LogP contribution < -0.4 is 0 Å². The van der Waals surface area contributed by atoms with Gasteiger partial charge in [-0.1, -0.05) is 5.92 Å². The molecule has 2 heteroatoms. The maximum Gasteiger partial charge on any atom is 0.107 e. The van der Waals surface area contributed by atoms with E-state index in [1.165, 1.54) is 0 Å². The summed E-state index contributed by atoms with van der Waals surface area (Å²) in [5, 5.41) is 0. The van der Waals surface area contributed by atoms with Gasteiger partial charge in [0, 0.05) is 7.11 Å². The Bertz CT molecular complexity index is 44.0. The van der Waals surface area contributed by atoms with Gasteiger partial charge in [0.25, 0.3) is 0 Å². The van der Waals surface area contributed by atoms with E-state index in [-0.39, 0.29) is 5.48 Å². The fraction of sp³-hybridized carbons (Fsp3) is 0.500. The minimum Gasteiger partial charge on any atom is -0.412 e. The predicted molar refractivity (Wildman–Crippen MR) is 24.3 cm³/mol. The normalized spacial score (nSPS) is 5.33. The van der Waals surface area contributed by atoms with Gasteiger partial charge < -0.3 is 10.2 Å². The van der Waals surface area contributed by atoms with Gasteiger partial charge in [-0.15, -0.1) is 6.42 Å². The monoisotopic (exact) mass is 88.1 g/mol. The van der Waals surface area contributed by atoms with E-state index in [9.17, 15) is 0 Å². The van der Waals surface area contributed by atoms with E-state index in [1.54, 1.807) is 7.11 Å². The van der Waals surface area contributed by atoms with Crippen LogP contribution in [-0.2, 0) is 4.74 Å². The lowest BCUT2D eigenvalue weighted by molar-refractivity contribution is 0.240. The molecule has 0 aromatic rings. The molecule has 0 radical (unpaired) electrons. The van der Waals surface area contributed by atoms with Crippen molar-refractivity contribution in [3.05, 3.63) is 0 Å². The summed E-state index contributed by atoms with van der Waals surface area (Å²) < 4.78 is 4.45. The molecule has 0 aliphatic heterocycles. The van der Waals surface area contributed by atoms with E-state index in [0.29, 0.717) is 6.61 Å². The third kappa shape index (κ3) is 9.77. The van der Waals surface area contributed by atoms with Crippen LogP contribution in [0.2, 0.25) is 0 Å². The van der Waals surface area contributed by atoms with Crippen LogP contribution >= 0.6 is 0 Å². The lowest BCUT2D eigenvalue weighted by Gasteiger charge is -1.76. The van der Waals surface area contributed by atoms with Crippen LogP contribution in [0.4, 0.5) is 0 Å². The van der Waals surface area contributed by atoms with Crippen molar-refractivity contribution in [1.82, 2.24) is 0 Å². The first kappa shape index (κ1) is 9.08. The first-order chi connectivity index (χ1) is 2.41. The van der Waals surface area contributed by atoms with Gasteiger partial charge in [0.05, 0.1) is 0 Å². The highest BCUT2D eigenvalue weighted by Gasteiger charge is 1.57. The highest BCUT2D eigenvalue weighted by atomic mass is 16.5. The highest BCUT2D eigenvalue weighted by Crippen LogP contribution is 1.53.